The summed E-state index contributed by atoms with van der Waals surface area (Å²) in [5.74, 6) is -3.47. The Labute approximate surface area is 165 Å². The maximum atomic E-state index is 13.3. The Kier molecular flexibility index (Phi) is 6.60. The van der Waals surface area contributed by atoms with Crippen LogP contribution in [0, 0.1) is 0 Å². The van der Waals surface area contributed by atoms with Gasteiger partial charge < -0.3 is 20.5 Å². The van der Waals surface area contributed by atoms with Crippen LogP contribution in [-0.4, -0.2) is 36.0 Å². The first-order valence-electron chi connectivity index (χ1n) is 8.11. The van der Waals surface area contributed by atoms with E-state index in [-0.39, 0.29) is 5.69 Å². The van der Waals surface area contributed by atoms with Crippen molar-refractivity contribution in [2.75, 3.05) is 11.9 Å². The van der Waals surface area contributed by atoms with Gasteiger partial charge in [-0.15, -0.1) is 13.2 Å². The standard InChI is InChI=1S/C18H14F6N2O4/c19-17(20,21)16(29,11-4-2-1-3-5-11)10-25-14(27)15(28)26-12-6-8-13(9-7-12)30-18(22,23)24/h1-9,29H,10H2,(H,25,27)(H,26,28)/t16-/m0/s1. The van der Waals surface area contributed by atoms with E-state index in [1.807, 2.05) is 5.32 Å². The predicted molar refractivity (Wildman–Crippen MR) is 91.2 cm³/mol. The highest BCUT2D eigenvalue weighted by Crippen LogP contribution is 2.38. The third-order valence-corrected chi connectivity index (χ3v) is 3.78. The van der Waals surface area contributed by atoms with E-state index < -0.39 is 47.8 Å². The van der Waals surface area contributed by atoms with Crippen LogP contribution in [0.1, 0.15) is 5.56 Å². The molecule has 0 saturated carbocycles. The molecular formula is C18H14F6N2O4. The molecule has 2 amide bonds. The minimum absolute atomic E-state index is 0.112. The molecular weight excluding hydrogens is 422 g/mol. The fraction of sp³-hybridized carbons (Fsp3) is 0.222. The van der Waals surface area contributed by atoms with Crippen LogP contribution < -0.4 is 15.4 Å². The highest BCUT2D eigenvalue weighted by atomic mass is 19.4. The number of hydrogen-bond donors (Lipinski definition) is 3. The summed E-state index contributed by atoms with van der Waals surface area (Å²) < 4.78 is 80.0. The number of benzene rings is 2. The summed E-state index contributed by atoms with van der Waals surface area (Å²) in [7, 11) is 0. The van der Waals surface area contributed by atoms with Crippen LogP contribution in [0.3, 0.4) is 0 Å². The molecule has 0 saturated heterocycles. The Bertz CT molecular complexity index is 884. The molecule has 2 aromatic carbocycles. The number of alkyl halides is 6. The number of carbonyl (C=O) groups is 2. The van der Waals surface area contributed by atoms with E-state index in [9.17, 15) is 41.0 Å². The maximum Gasteiger partial charge on any atom is 0.573 e. The van der Waals surface area contributed by atoms with Gasteiger partial charge in [-0.1, -0.05) is 30.3 Å². The second kappa shape index (κ2) is 8.61. The molecule has 2 aromatic rings. The van der Waals surface area contributed by atoms with E-state index in [1.54, 1.807) is 5.32 Å². The fourth-order valence-corrected chi connectivity index (χ4v) is 2.30. The minimum Gasteiger partial charge on any atom is -0.406 e. The van der Waals surface area contributed by atoms with E-state index in [1.165, 1.54) is 18.2 Å². The van der Waals surface area contributed by atoms with E-state index in [0.717, 1.165) is 36.4 Å². The number of anilines is 1. The molecule has 12 heteroatoms. The summed E-state index contributed by atoms with van der Waals surface area (Å²) in [5, 5.41) is 13.8. The zero-order chi connectivity index (χ0) is 22.6. The van der Waals surface area contributed by atoms with Gasteiger partial charge in [0.15, 0.2) is 0 Å². The molecule has 162 valence electrons. The van der Waals surface area contributed by atoms with Crippen molar-refractivity contribution in [3.63, 3.8) is 0 Å². The highest BCUT2D eigenvalue weighted by Gasteiger charge is 2.55. The SMILES string of the molecule is O=C(NC[C@](O)(c1ccccc1)C(F)(F)F)C(=O)Nc1ccc(OC(F)(F)F)cc1. The molecule has 0 aromatic heterocycles. The van der Waals surface area contributed by atoms with Gasteiger partial charge in [0.25, 0.3) is 0 Å². The lowest BCUT2D eigenvalue weighted by Crippen LogP contribution is -2.52. The summed E-state index contributed by atoms with van der Waals surface area (Å²) in [6.07, 6.45) is -10.1. The molecule has 0 radical (unpaired) electrons. The van der Waals surface area contributed by atoms with Crippen molar-refractivity contribution in [3.8, 4) is 5.75 Å². The molecule has 0 spiro atoms. The Morgan fingerprint density at radius 3 is 1.93 bits per heavy atom. The van der Waals surface area contributed by atoms with Gasteiger partial charge in [0.1, 0.15) is 5.75 Å². The third kappa shape index (κ3) is 5.86. The third-order valence-electron chi connectivity index (χ3n) is 3.78. The zero-order valence-electron chi connectivity index (χ0n) is 14.8. The number of nitrogens with one attached hydrogen (secondary N) is 2. The number of ether oxygens (including phenoxy) is 1. The van der Waals surface area contributed by atoms with Gasteiger partial charge in [-0.2, -0.15) is 13.2 Å². The van der Waals surface area contributed by atoms with E-state index in [0.29, 0.717) is 0 Å². The number of hydrogen-bond acceptors (Lipinski definition) is 4. The molecule has 0 heterocycles. The molecule has 1 atom stereocenters. The fourth-order valence-electron chi connectivity index (χ4n) is 2.30. The second-order valence-corrected chi connectivity index (χ2v) is 5.93. The van der Waals surface area contributed by atoms with Crippen molar-refractivity contribution in [3.05, 3.63) is 60.2 Å². The predicted octanol–water partition coefficient (Wildman–Crippen LogP) is 3.09. The molecule has 0 unspecified atom stereocenters. The summed E-state index contributed by atoms with van der Waals surface area (Å²) >= 11 is 0. The molecule has 2 rings (SSSR count). The lowest BCUT2D eigenvalue weighted by Gasteiger charge is -2.31. The average Bonchev–Trinajstić information content (AvgIpc) is 2.66. The summed E-state index contributed by atoms with van der Waals surface area (Å²) in [4.78, 5) is 23.7. The van der Waals surface area contributed by atoms with E-state index in [2.05, 4.69) is 4.74 Å². The zero-order valence-corrected chi connectivity index (χ0v) is 14.8. The van der Waals surface area contributed by atoms with Crippen molar-refractivity contribution in [1.29, 1.82) is 0 Å². The minimum atomic E-state index is -5.16. The van der Waals surface area contributed by atoms with Crippen LogP contribution in [0.25, 0.3) is 0 Å². The Morgan fingerprint density at radius 1 is 0.867 bits per heavy atom. The molecule has 0 bridgehead atoms. The molecule has 3 N–H and O–H groups in total. The number of aliphatic hydroxyl groups is 1. The van der Waals surface area contributed by atoms with Crippen LogP contribution in [0.5, 0.6) is 5.75 Å². The van der Waals surface area contributed by atoms with Crippen LogP contribution in [0.4, 0.5) is 32.0 Å². The quantitative estimate of drug-likeness (QED) is 0.497. The Hall–Kier alpha value is -3.28. The van der Waals surface area contributed by atoms with Crippen LogP contribution in [-0.2, 0) is 15.2 Å². The van der Waals surface area contributed by atoms with Gasteiger partial charge >= 0.3 is 24.4 Å². The molecule has 0 aliphatic heterocycles. The summed E-state index contributed by atoms with van der Waals surface area (Å²) in [5.41, 5.74) is -4.10. The highest BCUT2D eigenvalue weighted by molar-refractivity contribution is 6.39. The Morgan fingerprint density at radius 2 is 1.43 bits per heavy atom. The molecule has 0 aliphatic carbocycles. The van der Waals surface area contributed by atoms with Crippen molar-refractivity contribution in [2.24, 2.45) is 0 Å². The smallest absolute Gasteiger partial charge is 0.406 e. The van der Waals surface area contributed by atoms with Crippen molar-refractivity contribution in [1.82, 2.24) is 5.32 Å². The van der Waals surface area contributed by atoms with Crippen LogP contribution in [0.15, 0.2) is 54.6 Å². The van der Waals surface area contributed by atoms with Crippen LogP contribution >= 0.6 is 0 Å². The average molecular weight is 436 g/mol. The number of halogens is 6. The molecule has 0 fully saturated rings. The van der Waals surface area contributed by atoms with Crippen molar-refractivity contribution >= 4 is 17.5 Å². The Balaban J connectivity index is 2.02. The van der Waals surface area contributed by atoms with Crippen molar-refractivity contribution in [2.45, 2.75) is 18.1 Å². The maximum absolute atomic E-state index is 13.3. The first-order valence-corrected chi connectivity index (χ1v) is 8.11. The van der Waals surface area contributed by atoms with Gasteiger partial charge in [0.05, 0.1) is 6.54 Å². The lowest BCUT2D eigenvalue weighted by atomic mass is 9.93. The van der Waals surface area contributed by atoms with Crippen LogP contribution in [0.2, 0.25) is 0 Å². The van der Waals surface area contributed by atoms with E-state index >= 15 is 0 Å². The first-order chi connectivity index (χ1) is 13.8. The molecule has 6 nitrogen and oxygen atoms in total. The molecule has 0 aliphatic rings. The second-order valence-electron chi connectivity index (χ2n) is 5.93. The normalized spacial score (nSPS) is 13.8. The van der Waals surface area contributed by atoms with E-state index in [4.69, 9.17) is 0 Å². The number of rotatable bonds is 5. The van der Waals surface area contributed by atoms with Crippen molar-refractivity contribution < 1.29 is 45.8 Å². The lowest BCUT2D eigenvalue weighted by molar-refractivity contribution is -0.274. The topological polar surface area (TPSA) is 87.7 Å². The summed E-state index contributed by atoms with van der Waals surface area (Å²) in [6, 6.07) is 9.65. The van der Waals surface area contributed by atoms with Gasteiger partial charge in [0, 0.05) is 5.69 Å². The number of amides is 2. The van der Waals surface area contributed by atoms with Gasteiger partial charge in [0.2, 0.25) is 5.60 Å². The van der Waals surface area contributed by atoms with Gasteiger partial charge in [-0.3, -0.25) is 9.59 Å². The number of carbonyl (C=O) groups excluding carboxylic acids is 2. The monoisotopic (exact) mass is 436 g/mol. The first kappa shape index (κ1) is 23.0. The largest absolute Gasteiger partial charge is 0.573 e. The molecule has 30 heavy (non-hydrogen) atoms. The van der Waals surface area contributed by atoms with Gasteiger partial charge in [-0.25, -0.2) is 0 Å². The summed E-state index contributed by atoms with van der Waals surface area (Å²) in [6.45, 7) is -1.34. The van der Waals surface area contributed by atoms with Gasteiger partial charge in [-0.05, 0) is 29.8 Å².